The summed E-state index contributed by atoms with van der Waals surface area (Å²) in [6.45, 7) is 1.87. The van der Waals surface area contributed by atoms with E-state index in [0.29, 0.717) is 5.82 Å². The number of anilines is 1. The maximum Gasteiger partial charge on any atom is 0.148 e. The summed E-state index contributed by atoms with van der Waals surface area (Å²) in [5.41, 5.74) is 0.0216. The number of allylic oxidation sites excluding steroid dienone is 1. The van der Waals surface area contributed by atoms with Gasteiger partial charge in [-0.25, -0.2) is 4.98 Å². The van der Waals surface area contributed by atoms with Crippen molar-refractivity contribution in [3.63, 3.8) is 0 Å². The Kier molecular flexibility index (Phi) is 2.88. The maximum atomic E-state index is 8.46. The molecule has 1 heterocycles. The molecule has 0 saturated carbocycles. The number of aromatic nitrogens is 2. The first-order valence-electron chi connectivity index (χ1n) is 3.94. The van der Waals surface area contributed by atoms with Crippen LogP contribution in [0.2, 0.25) is 0 Å². The number of hydrogen-bond acceptors (Lipinski definition) is 4. The molecule has 0 aliphatic carbocycles. The van der Waals surface area contributed by atoms with Crippen LogP contribution in [0.4, 0.5) is 5.82 Å². The number of nitrogens with zero attached hydrogens (tertiary/aromatic N) is 4. The van der Waals surface area contributed by atoms with Crippen molar-refractivity contribution in [2.24, 2.45) is 7.05 Å². The molecule has 14 heavy (non-hydrogen) atoms. The molecule has 1 rings (SSSR count). The van der Waals surface area contributed by atoms with E-state index in [0.717, 1.165) is 5.82 Å². The Morgan fingerprint density at radius 1 is 1.57 bits per heavy atom. The second-order valence-electron chi connectivity index (χ2n) is 2.71. The zero-order valence-corrected chi connectivity index (χ0v) is 7.94. The van der Waals surface area contributed by atoms with Gasteiger partial charge in [-0.1, -0.05) is 0 Å². The first-order chi connectivity index (χ1) is 6.67. The largest absolute Gasteiger partial charge is 0.343 e. The average Bonchev–Trinajstić information content (AvgIpc) is 2.48. The van der Waals surface area contributed by atoms with Crippen LogP contribution in [0.1, 0.15) is 5.82 Å². The van der Waals surface area contributed by atoms with E-state index >= 15 is 0 Å². The second kappa shape index (κ2) is 4.11. The van der Waals surface area contributed by atoms with Crippen LogP contribution in [0.5, 0.6) is 0 Å². The lowest BCUT2D eigenvalue weighted by Gasteiger charge is -1.91. The summed E-state index contributed by atoms with van der Waals surface area (Å²) >= 11 is 0. The van der Waals surface area contributed by atoms with E-state index in [4.69, 9.17) is 10.5 Å². The predicted molar refractivity (Wildman–Crippen MR) is 50.9 cm³/mol. The zero-order valence-electron chi connectivity index (χ0n) is 7.94. The minimum Gasteiger partial charge on any atom is -0.343 e. The fraction of sp³-hybridized carbons (Fsp3) is 0.222. The molecule has 0 radical (unpaired) electrons. The molecule has 1 aromatic heterocycles. The Balaban J connectivity index is 2.77. The van der Waals surface area contributed by atoms with E-state index in [1.807, 2.05) is 18.5 Å². The van der Waals surface area contributed by atoms with Crippen LogP contribution in [0.15, 0.2) is 18.0 Å². The summed E-state index contributed by atoms with van der Waals surface area (Å²) in [5, 5.41) is 19.7. The zero-order chi connectivity index (χ0) is 10.6. The molecular formula is C9H9N5. The van der Waals surface area contributed by atoms with Crippen molar-refractivity contribution in [1.29, 1.82) is 10.5 Å². The van der Waals surface area contributed by atoms with Crippen LogP contribution >= 0.6 is 0 Å². The molecule has 0 aromatic carbocycles. The smallest absolute Gasteiger partial charge is 0.148 e. The van der Waals surface area contributed by atoms with Gasteiger partial charge in [-0.2, -0.15) is 10.5 Å². The summed E-state index contributed by atoms with van der Waals surface area (Å²) < 4.78 is 1.84. The van der Waals surface area contributed by atoms with Gasteiger partial charge in [0.25, 0.3) is 0 Å². The van der Waals surface area contributed by atoms with Crippen molar-refractivity contribution in [3.05, 3.63) is 23.8 Å². The van der Waals surface area contributed by atoms with Crippen LogP contribution in [-0.2, 0) is 7.05 Å². The third-order valence-corrected chi connectivity index (χ3v) is 1.71. The van der Waals surface area contributed by atoms with E-state index in [2.05, 4.69) is 10.3 Å². The van der Waals surface area contributed by atoms with Gasteiger partial charge in [0.05, 0.1) is 0 Å². The van der Waals surface area contributed by atoms with Gasteiger partial charge in [-0.05, 0) is 6.92 Å². The van der Waals surface area contributed by atoms with Gasteiger partial charge in [0.15, 0.2) is 0 Å². The van der Waals surface area contributed by atoms with Gasteiger partial charge in [0.1, 0.15) is 29.4 Å². The van der Waals surface area contributed by atoms with Gasteiger partial charge in [0.2, 0.25) is 0 Å². The first kappa shape index (κ1) is 9.82. The third-order valence-electron chi connectivity index (χ3n) is 1.71. The summed E-state index contributed by atoms with van der Waals surface area (Å²) in [6.07, 6.45) is 3.11. The van der Waals surface area contributed by atoms with Crippen molar-refractivity contribution in [2.75, 3.05) is 5.32 Å². The molecule has 0 atom stereocenters. The fourth-order valence-electron chi connectivity index (χ4n) is 0.864. The SMILES string of the molecule is Cc1nc(NC=C(C#N)C#N)cn1C. The van der Waals surface area contributed by atoms with E-state index in [-0.39, 0.29) is 5.57 Å². The van der Waals surface area contributed by atoms with Gasteiger partial charge in [-0.3, -0.25) is 0 Å². The molecule has 0 aliphatic heterocycles. The van der Waals surface area contributed by atoms with Crippen LogP contribution < -0.4 is 5.32 Å². The van der Waals surface area contributed by atoms with E-state index < -0.39 is 0 Å². The van der Waals surface area contributed by atoms with Crippen LogP contribution in [0, 0.1) is 29.6 Å². The van der Waals surface area contributed by atoms with Crippen molar-refractivity contribution in [3.8, 4) is 12.1 Å². The number of rotatable bonds is 2. The van der Waals surface area contributed by atoms with Crippen molar-refractivity contribution < 1.29 is 0 Å². The minimum atomic E-state index is 0.0216. The molecule has 1 N–H and O–H groups in total. The third kappa shape index (κ3) is 2.11. The second-order valence-corrected chi connectivity index (χ2v) is 2.71. The lowest BCUT2D eigenvalue weighted by molar-refractivity contribution is 0.858. The highest BCUT2D eigenvalue weighted by Crippen LogP contribution is 2.05. The quantitative estimate of drug-likeness (QED) is 0.702. The number of nitrogens with one attached hydrogen (secondary N) is 1. The Labute approximate surface area is 81.9 Å². The molecule has 70 valence electrons. The molecule has 0 saturated heterocycles. The Morgan fingerprint density at radius 3 is 2.64 bits per heavy atom. The number of nitriles is 2. The molecule has 0 spiro atoms. The van der Waals surface area contributed by atoms with Crippen LogP contribution in [0.3, 0.4) is 0 Å². The number of hydrogen-bond donors (Lipinski definition) is 1. The molecule has 0 bridgehead atoms. The van der Waals surface area contributed by atoms with Crippen molar-refractivity contribution >= 4 is 5.82 Å². The normalized spacial score (nSPS) is 8.57. The van der Waals surface area contributed by atoms with E-state index in [1.165, 1.54) is 6.20 Å². The lowest BCUT2D eigenvalue weighted by Crippen LogP contribution is -1.89. The summed E-state index contributed by atoms with van der Waals surface area (Å²) in [5.74, 6) is 1.48. The monoisotopic (exact) mass is 187 g/mol. The molecule has 0 amide bonds. The minimum absolute atomic E-state index is 0.0216. The molecule has 1 aromatic rings. The van der Waals surface area contributed by atoms with Gasteiger partial charge in [-0.15, -0.1) is 0 Å². The molecule has 0 fully saturated rings. The van der Waals surface area contributed by atoms with Crippen molar-refractivity contribution in [1.82, 2.24) is 9.55 Å². The van der Waals surface area contributed by atoms with Gasteiger partial charge in [0, 0.05) is 19.4 Å². The summed E-state index contributed by atoms with van der Waals surface area (Å²) in [4.78, 5) is 4.14. The summed E-state index contributed by atoms with van der Waals surface area (Å²) in [7, 11) is 1.87. The molecular weight excluding hydrogens is 178 g/mol. The van der Waals surface area contributed by atoms with Gasteiger partial charge < -0.3 is 9.88 Å². The molecule has 0 aliphatic rings. The average molecular weight is 187 g/mol. The Bertz CT molecular complexity index is 405. The van der Waals surface area contributed by atoms with Gasteiger partial charge >= 0.3 is 0 Å². The highest BCUT2D eigenvalue weighted by atomic mass is 15.1. The molecule has 5 nitrogen and oxygen atoms in total. The Hall–Kier alpha value is -2.27. The highest BCUT2D eigenvalue weighted by Gasteiger charge is 1.98. The molecule has 5 heteroatoms. The van der Waals surface area contributed by atoms with E-state index in [1.54, 1.807) is 18.3 Å². The highest BCUT2D eigenvalue weighted by molar-refractivity contribution is 5.43. The van der Waals surface area contributed by atoms with E-state index in [9.17, 15) is 0 Å². The standard InChI is InChI=1S/C9H9N5/c1-7-13-9(6-14(7)2)12-5-8(3-10)4-11/h5-6,12H,1-2H3. The fourth-order valence-corrected chi connectivity index (χ4v) is 0.864. The predicted octanol–water partition coefficient (Wildman–Crippen LogP) is 1.07. The molecule has 0 unspecified atom stereocenters. The Morgan fingerprint density at radius 2 is 2.21 bits per heavy atom. The topological polar surface area (TPSA) is 77.4 Å². The maximum absolute atomic E-state index is 8.46. The number of imidazole rings is 1. The summed E-state index contributed by atoms with van der Waals surface area (Å²) in [6, 6.07) is 3.49. The lowest BCUT2D eigenvalue weighted by atomic mass is 10.4. The van der Waals surface area contributed by atoms with Crippen LogP contribution in [-0.4, -0.2) is 9.55 Å². The first-order valence-corrected chi connectivity index (χ1v) is 3.94. The number of aryl methyl sites for hydroxylation is 2. The van der Waals surface area contributed by atoms with Crippen LogP contribution in [0.25, 0.3) is 0 Å². The van der Waals surface area contributed by atoms with Crippen molar-refractivity contribution in [2.45, 2.75) is 6.92 Å².